The van der Waals surface area contributed by atoms with Gasteiger partial charge in [-0.2, -0.15) is 0 Å². The molecule has 0 aliphatic heterocycles. The van der Waals surface area contributed by atoms with E-state index < -0.39 is 10.5 Å². The highest BCUT2D eigenvalue weighted by Gasteiger charge is 2.13. The maximum atomic E-state index is 12.6. The molecule has 1 amide bonds. The summed E-state index contributed by atoms with van der Waals surface area (Å²) in [6.07, 6.45) is 2.30. The van der Waals surface area contributed by atoms with E-state index in [0.717, 1.165) is 11.0 Å². The second kappa shape index (κ2) is 7.99. The number of nitro groups is 1. The second-order valence-corrected chi connectivity index (χ2v) is 6.62. The zero-order chi connectivity index (χ0) is 20.3. The number of nitro benzene ring substituents is 1. The lowest BCUT2D eigenvalue weighted by atomic mass is 9.99. The van der Waals surface area contributed by atoms with Gasteiger partial charge in [-0.15, -0.1) is 0 Å². The Morgan fingerprint density at radius 3 is 2.61 bits per heavy atom. The summed E-state index contributed by atoms with van der Waals surface area (Å²) in [6, 6.07) is 11.5. The van der Waals surface area contributed by atoms with Crippen molar-refractivity contribution < 1.29 is 9.72 Å². The molecule has 144 valence electrons. The summed E-state index contributed by atoms with van der Waals surface area (Å²) in [7, 11) is 0. The van der Waals surface area contributed by atoms with E-state index in [1.807, 2.05) is 24.3 Å². The van der Waals surface area contributed by atoms with Gasteiger partial charge in [-0.3, -0.25) is 24.3 Å². The molecule has 0 saturated heterocycles. The third-order valence-electron chi connectivity index (χ3n) is 4.71. The maximum absolute atomic E-state index is 12.6. The van der Waals surface area contributed by atoms with Crippen molar-refractivity contribution in [1.29, 1.82) is 0 Å². The Kier molecular flexibility index (Phi) is 5.49. The lowest BCUT2D eigenvalue weighted by molar-refractivity contribution is -0.384. The largest absolute Gasteiger partial charge is 0.325 e. The van der Waals surface area contributed by atoms with Gasteiger partial charge in [0, 0.05) is 17.8 Å². The van der Waals surface area contributed by atoms with Crippen molar-refractivity contribution in [1.82, 2.24) is 9.55 Å². The summed E-state index contributed by atoms with van der Waals surface area (Å²) in [6.45, 7) is 4.01. The predicted molar refractivity (Wildman–Crippen MR) is 106 cm³/mol. The highest BCUT2D eigenvalue weighted by atomic mass is 16.6. The first-order valence-corrected chi connectivity index (χ1v) is 8.92. The Morgan fingerprint density at radius 1 is 1.25 bits per heavy atom. The topological polar surface area (TPSA) is 107 Å². The standard InChI is InChI=1S/C20H20N4O4/c1-3-13(2)14-4-6-15(7-5-14)22-19(25)11-23-12-21-18-9-8-16(24(27)28)10-17(18)20(23)26/h4-10,12-13H,3,11H2,1-2H3,(H,22,25)/t13-/m0/s1. The van der Waals surface area contributed by atoms with Crippen LogP contribution in [0.25, 0.3) is 10.9 Å². The maximum Gasteiger partial charge on any atom is 0.270 e. The molecule has 0 bridgehead atoms. The lowest BCUT2D eigenvalue weighted by Gasteiger charge is -2.11. The minimum atomic E-state index is -0.577. The smallest absolute Gasteiger partial charge is 0.270 e. The number of anilines is 1. The van der Waals surface area contributed by atoms with Crippen LogP contribution in [0.2, 0.25) is 0 Å². The van der Waals surface area contributed by atoms with Crippen LogP contribution in [-0.2, 0) is 11.3 Å². The molecule has 0 spiro atoms. The highest BCUT2D eigenvalue weighted by molar-refractivity contribution is 5.90. The predicted octanol–water partition coefficient (Wildman–Crippen LogP) is 3.46. The van der Waals surface area contributed by atoms with Crippen LogP contribution in [0.1, 0.15) is 31.7 Å². The molecule has 8 nitrogen and oxygen atoms in total. The Bertz CT molecular complexity index is 1090. The molecule has 0 unspecified atom stereocenters. The van der Waals surface area contributed by atoms with Crippen LogP contribution in [0.5, 0.6) is 0 Å². The Hall–Kier alpha value is -3.55. The van der Waals surface area contributed by atoms with Crippen molar-refractivity contribution in [3.05, 3.63) is 74.8 Å². The number of hydrogen-bond acceptors (Lipinski definition) is 5. The number of non-ortho nitro benzene ring substituents is 1. The fraction of sp³-hybridized carbons (Fsp3) is 0.250. The number of nitrogens with zero attached hydrogens (tertiary/aromatic N) is 3. The van der Waals surface area contributed by atoms with Gasteiger partial charge in [-0.25, -0.2) is 4.98 Å². The number of rotatable bonds is 6. The van der Waals surface area contributed by atoms with Gasteiger partial charge in [0.25, 0.3) is 11.2 Å². The molecule has 2 aromatic carbocycles. The van der Waals surface area contributed by atoms with Crippen molar-refractivity contribution in [2.24, 2.45) is 0 Å². The van der Waals surface area contributed by atoms with Crippen LogP contribution < -0.4 is 10.9 Å². The van der Waals surface area contributed by atoms with E-state index in [0.29, 0.717) is 17.1 Å². The van der Waals surface area contributed by atoms with E-state index in [1.54, 1.807) is 0 Å². The fourth-order valence-electron chi connectivity index (χ4n) is 2.86. The summed E-state index contributed by atoms with van der Waals surface area (Å²) >= 11 is 0. The third kappa shape index (κ3) is 4.06. The van der Waals surface area contributed by atoms with Gasteiger partial charge < -0.3 is 5.32 Å². The molecule has 1 heterocycles. The SMILES string of the molecule is CC[C@H](C)c1ccc(NC(=O)Cn2cnc3ccc([N+](=O)[O-])cc3c2=O)cc1. The summed E-state index contributed by atoms with van der Waals surface area (Å²) in [5, 5.41) is 13.8. The first-order chi connectivity index (χ1) is 13.4. The number of hydrogen-bond donors (Lipinski definition) is 1. The van der Waals surface area contributed by atoms with Gasteiger partial charge in [0.1, 0.15) is 6.54 Å². The number of aromatic nitrogens is 2. The number of carbonyl (C=O) groups is 1. The van der Waals surface area contributed by atoms with Gasteiger partial charge in [-0.05, 0) is 36.1 Å². The number of benzene rings is 2. The molecule has 0 aliphatic rings. The Morgan fingerprint density at radius 2 is 1.96 bits per heavy atom. The summed E-state index contributed by atoms with van der Waals surface area (Å²) < 4.78 is 1.13. The lowest BCUT2D eigenvalue weighted by Crippen LogP contribution is -2.28. The van der Waals surface area contributed by atoms with Crippen molar-refractivity contribution in [3.63, 3.8) is 0 Å². The molecule has 1 aromatic heterocycles. The molecular weight excluding hydrogens is 360 g/mol. The van der Waals surface area contributed by atoms with Gasteiger partial charge in [0.15, 0.2) is 0 Å². The van der Waals surface area contributed by atoms with Crippen molar-refractivity contribution in [2.75, 3.05) is 5.32 Å². The average Bonchev–Trinajstić information content (AvgIpc) is 2.69. The summed E-state index contributed by atoms with van der Waals surface area (Å²) in [5.74, 6) is 0.0565. The van der Waals surface area contributed by atoms with E-state index in [2.05, 4.69) is 24.1 Å². The van der Waals surface area contributed by atoms with Crippen molar-refractivity contribution >= 4 is 28.2 Å². The monoisotopic (exact) mass is 380 g/mol. The van der Waals surface area contributed by atoms with E-state index in [1.165, 1.54) is 30.1 Å². The Balaban J connectivity index is 1.78. The molecule has 1 atom stereocenters. The van der Waals surface area contributed by atoms with Gasteiger partial charge in [-0.1, -0.05) is 26.0 Å². The second-order valence-electron chi connectivity index (χ2n) is 6.62. The molecule has 0 aliphatic carbocycles. The summed E-state index contributed by atoms with van der Waals surface area (Å²) in [4.78, 5) is 39.3. The van der Waals surface area contributed by atoms with Crippen LogP contribution in [0.15, 0.2) is 53.6 Å². The minimum absolute atomic E-state index is 0.0995. The number of carbonyl (C=O) groups excluding carboxylic acids is 1. The molecule has 0 fully saturated rings. The molecule has 3 rings (SSSR count). The van der Waals surface area contributed by atoms with E-state index >= 15 is 0 Å². The molecule has 8 heteroatoms. The zero-order valence-corrected chi connectivity index (χ0v) is 15.6. The van der Waals surface area contributed by atoms with Gasteiger partial charge >= 0.3 is 0 Å². The molecule has 1 N–H and O–H groups in total. The molecule has 0 saturated carbocycles. The normalized spacial score (nSPS) is 11.9. The number of nitrogens with one attached hydrogen (secondary N) is 1. The average molecular weight is 380 g/mol. The molecule has 0 radical (unpaired) electrons. The highest BCUT2D eigenvalue weighted by Crippen LogP contribution is 2.20. The number of fused-ring (bicyclic) bond motifs is 1. The minimum Gasteiger partial charge on any atom is -0.325 e. The van der Waals surface area contributed by atoms with Crippen LogP contribution in [0.4, 0.5) is 11.4 Å². The van der Waals surface area contributed by atoms with Gasteiger partial charge in [0.05, 0.1) is 22.2 Å². The first-order valence-electron chi connectivity index (χ1n) is 8.92. The molecule has 28 heavy (non-hydrogen) atoms. The van der Waals surface area contributed by atoms with E-state index in [-0.39, 0.29) is 23.5 Å². The van der Waals surface area contributed by atoms with E-state index in [4.69, 9.17) is 0 Å². The van der Waals surface area contributed by atoms with Crippen LogP contribution in [-0.4, -0.2) is 20.4 Å². The first kappa shape index (κ1) is 19.2. The van der Waals surface area contributed by atoms with Gasteiger partial charge in [0.2, 0.25) is 5.91 Å². The van der Waals surface area contributed by atoms with Crippen molar-refractivity contribution in [2.45, 2.75) is 32.7 Å². The quantitative estimate of drug-likeness (QED) is 0.520. The van der Waals surface area contributed by atoms with E-state index in [9.17, 15) is 19.7 Å². The number of amides is 1. The third-order valence-corrected chi connectivity index (χ3v) is 4.71. The van der Waals surface area contributed by atoms with Crippen LogP contribution in [0.3, 0.4) is 0 Å². The van der Waals surface area contributed by atoms with Crippen LogP contribution >= 0.6 is 0 Å². The van der Waals surface area contributed by atoms with Crippen LogP contribution in [0, 0.1) is 10.1 Å². The molecule has 3 aromatic rings. The summed E-state index contributed by atoms with van der Waals surface area (Å²) in [5.41, 5.74) is 1.46. The zero-order valence-electron chi connectivity index (χ0n) is 15.6. The Labute approximate surface area is 161 Å². The van der Waals surface area contributed by atoms with Crippen molar-refractivity contribution in [3.8, 4) is 0 Å². The molecular formula is C20H20N4O4. The fourth-order valence-corrected chi connectivity index (χ4v) is 2.86.